The Morgan fingerprint density at radius 1 is 1.30 bits per heavy atom. The second kappa shape index (κ2) is 7.82. The first-order valence-corrected chi connectivity index (χ1v) is 7.93. The molecule has 0 radical (unpaired) electrons. The summed E-state index contributed by atoms with van der Waals surface area (Å²) in [5, 5.41) is 38.8. The topological polar surface area (TPSA) is 145 Å². The Morgan fingerprint density at radius 2 is 2.04 bits per heavy atom. The maximum absolute atomic E-state index is 11.0. The van der Waals surface area contributed by atoms with E-state index in [0.717, 1.165) is 0 Å². The molecule has 140 valence electrons. The Hall–Kier alpha value is -3.48. The molecule has 0 aromatic heterocycles. The Morgan fingerprint density at radius 3 is 2.70 bits per heavy atom. The molecule has 1 aliphatic heterocycles. The highest BCUT2D eigenvalue weighted by molar-refractivity contribution is 7.80. The Bertz CT molecular complexity index is 902. The summed E-state index contributed by atoms with van der Waals surface area (Å²) >= 11 is 5.14. The van der Waals surface area contributed by atoms with Crippen LogP contribution in [0.15, 0.2) is 47.6 Å². The van der Waals surface area contributed by atoms with E-state index < -0.39 is 4.92 Å². The molecule has 2 aromatic carbocycles. The van der Waals surface area contributed by atoms with Gasteiger partial charge in [0.15, 0.2) is 11.8 Å². The van der Waals surface area contributed by atoms with Crippen molar-refractivity contribution in [3.8, 4) is 0 Å². The number of thiocarbonyl (C=S) groups is 1. The lowest BCUT2D eigenvalue weighted by Crippen LogP contribution is -2.29. The highest BCUT2D eigenvalue weighted by Crippen LogP contribution is 2.25. The Labute approximate surface area is 157 Å². The highest BCUT2D eigenvalue weighted by atomic mass is 32.1. The van der Waals surface area contributed by atoms with Gasteiger partial charge in [0.2, 0.25) is 5.90 Å². The molecule has 0 unspecified atom stereocenters. The van der Waals surface area contributed by atoms with Gasteiger partial charge in [0.1, 0.15) is 0 Å². The smallest absolute Gasteiger partial charge is 0.270 e. The molecule has 0 spiro atoms. The number of rotatable bonds is 4. The number of ether oxygens (including phenoxy) is 1. The molecule has 0 saturated heterocycles. The number of nitro groups is 1. The fourth-order valence-corrected chi connectivity index (χ4v) is 2.43. The first-order valence-electron chi connectivity index (χ1n) is 7.52. The third kappa shape index (κ3) is 4.38. The number of hydrogen-bond donors (Lipinski definition) is 5. The predicted molar refractivity (Wildman–Crippen MR) is 101 cm³/mol. The third-order valence-electron chi connectivity index (χ3n) is 3.53. The zero-order valence-corrected chi connectivity index (χ0v) is 14.4. The molecule has 3 rings (SSSR count). The van der Waals surface area contributed by atoms with Crippen LogP contribution in [-0.2, 0) is 4.74 Å². The zero-order chi connectivity index (χ0) is 19.4. The summed E-state index contributed by atoms with van der Waals surface area (Å²) in [6.45, 7) is 0.159. The van der Waals surface area contributed by atoms with Gasteiger partial charge >= 0.3 is 0 Å². The van der Waals surface area contributed by atoms with E-state index in [2.05, 4.69) is 21.2 Å². The van der Waals surface area contributed by atoms with Crippen molar-refractivity contribution in [1.82, 2.24) is 5.43 Å². The molecule has 1 aliphatic rings. The standard InChI is InChI=1S/C15H14N6O5S/c22-20(23)10-3-1-9(2-4-10)17-15(27)19-18-14-12-7-11(21(24)25)5-6-13(12)16-8-26-14/h1-7,16,22-23H,8H2,(H2,17,19,27)/b18-14-. The monoisotopic (exact) mass is 390 g/mol. The minimum absolute atomic E-state index is 0.00257. The van der Waals surface area contributed by atoms with E-state index >= 15 is 0 Å². The number of anilines is 3. The summed E-state index contributed by atoms with van der Waals surface area (Å²) in [6.07, 6.45) is 0. The molecule has 0 saturated carbocycles. The number of fused-ring (bicyclic) bond motifs is 1. The first-order chi connectivity index (χ1) is 12.9. The lowest BCUT2D eigenvalue weighted by Gasteiger charge is -2.20. The van der Waals surface area contributed by atoms with Crippen LogP contribution >= 0.6 is 12.2 Å². The number of nitro benzene ring substituents is 1. The van der Waals surface area contributed by atoms with Crippen LogP contribution in [0.2, 0.25) is 0 Å². The van der Waals surface area contributed by atoms with Crippen LogP contribution in [-0.4, -0.2) is 33.1 Å². The quantitative estimate of drug-likeness (QED) is 0.299. The molecule has 0 atom stereocenters. The molecule has 27 heavy (non-hydrogen) atoms. The molecule has 0 aliphatic carbocycles. The van der Waals surface area contributed by atoms with E-state index in [9.17, 15) is 10.1 Å². The average Bonchev–Trinajstić information content (AvgIpc) is 2.66. The first kappa shape index (κ1) is 18.3. The van der Waals surface area contributed by atoms with Crippen molar-refractivity contribution in [2.45, 2.75) is 0 Å². The van der Waals surface area contributed by atoms with Crippen molar-refractivity contribution in [3.05, 3.63) is 58.1 Å². The highest BCUT2D eigenvalue weighted by Gasteiger charge is 2.20. The summed E-state index contributed by atoms with van der Waals surface area (Å²) in [5.41, 5.74) is 4.37. The fraction of sp³-hybridized carbons (Fsp3) is 0.0667. The van der Waals surface area contributed by atoms with Crippen LogP contribution in [0.3, 0.4) is 0 Å². The van der Waals surface area contributed by atoms with Crippen LogP contribution < -0.4 is 21.3 Å². The normalized spacial score (nSPS) is 13.8. The number of non-ortho nitro benzene ring substituents is 1. The molecule has 0 amide bonds. The lowest BCUT2D eigenvalue weighted by atomic mass is 10.1. The summed E-state index contributed by atoms with van der Waals surface area (Å²) in [6, 6.07) is 10.4. The van der Waals surface area contributed by atoms with Gasteiger partial charge in [-0.1, -0.05) is 0 Å². The van der Waals surface area contributed by atoms with Crippen molar-refractivity contribution in [2.75, 3.05) is 22.6 Å². The van der Waals surface area contributed by atoms with E-state index in [1.807, 2.05) is 0 Å². The van der Waals surface area contributed by atoms with Crippen LogP contribution in [0.1, 0.15) is 5.56 Å². The number of nitrogens with one attached hydrogen (secondary N) is 3. The molecule has 0 fully saturated rings. The molecule has 5 N–H and O–H groups in total. The van der Waals surface area contributed by atoms with E-state index in [0.29, 0.717) is 16.9 Å². The number of hydrazone groups is 1. The maximum Gasteiger partial charge on any atom is 0.270 e. The van der Waals surface area contributed by atoms with Gasteiger partial charge in [0, 0.05) is 23.5 Å². The SMILES string of the molecule is O=[N+]([O-])c1ccc2c(c1)/C(=N/NC(=S)Nc1ccc(N(O)O)cc1)OCN2. The summed E-state index contributed by atoms with van der Waals surface area (Å²) < 4.78 is 5.39. The largest absolute Gasteiger partial charge is 0.455 e. The molecule has 12 heteroatoms. The van der Waals surface area contributed by atoms with Crippen LogP contribution in [0, 0.1) is 10.1 Å². The third-order valence-corrected chi connectivity index (χ3v) is 3.72. The number of hydrogen-bond acceptors (Lipinski definition) is 9. The van der Waals surface area contributed by atoms with Crippen LogP contribution in [0.4, 0.5) is 22.7 Å². The van der Waals surface area contributed by atoms with E-state index in [-0.39, 0.29) is 34.3 Å². The van der Waals surface area contributed by atoms with Gasteiger partial charge in [-0.2, -0.15) is 0 Å². The summed E-state index contributed by atoms with van der Waals surface area (Å²) in [7, 11) is 0. The van der Waals surface area contributed by atoms with E-state index in [1.165, 1.54) is 24.3 Å². The molecule has 11 nitrogen and oxygen atoms in total. The minimum Gasteiger partial charge on any atom is -0.455 e. The number of benzene rings is 2. The van der Waals surface area contributed by atoms with Gasteiger partial charge < -0.3 is 15.4 Å². The van der Waals surface area contributed by atoms with Crippen molar-refractivity contribution in [3.63, 3.8) is 0 Å². The van der Waals surface area contributed by atoms with Gasteiger partial charge in [0.25, 0.3) is 5.69 Å². The molecular weight excluding hydrogens is 376 g/mol. The van der Waals surface area contributed by atoms with E-state index in [1.54, 1.807) is 18.2 Å². The molecule has 0 bridgehead atoms. The fourth-order valence-electron chi connectivity index (χ4n) is 2.27. The van der Waals surface area contributed by atoms with Crippen molar-refractivity contribution in [1.29, 1.82) is 0 Å². The van der Waals surface area contributed by atoms with Crippen molar-refractivity contribution >= 4 is 46.0 Å². The van der Waals surface area contributed by atoms with Gasteiger partial charge in [-0.15, -0.1) is 10.3 Å². The van der Waals surface area contributed by atoms with Crippen molar-refractivity contribution < 1.29 is 20.1 Å². The summed E-state index contributed by atoms with van der Waals surface area (Å²) in [5.74, 6) is 0.156. The van der Waals surface area contributed by atoms with Gasteiger partial charge in [-0.3, -0.25) is 20.5 Å². The predicted octanol–water partition coefficient (Wildman–Crippen LogP) is 2.23. The summed E-state index contributed by atoms with van der Waals surface area (Å²) in [4.78, 5) is 10.4. The Balaban J connectivity index is 1.70. The van der Waals surface area contributed by atoms with Crippen molar-refractivity contribution in [2.24, 2.45) is 5.10 Å². The molecule has 1 heterocycles. The number of nitrogens with zero attached hydrogens (tertiary/aromatic N) is 3. The van der Waals surface area contributed by atoms with E-state index in [4.69, 9.17) is 27.4 Å². The lowest BCUT2D eigenvalue weighted by molar-refractivity contribution is -0.384. The average molecular weight is 390 g/mol. The van der Waals surface area contributed by atoms with Crippen LogP contribution in [0.5, 0.6) is 0 Å². The second-order valence-corrected chi connectivity index (χ2v) is 5.68. The molecular formula is C15H14N6O5S. The van der Waals surface area contributed by atoms with Gasteiger partial charge in [-0.25, -0.2) is 5.43 Å². The van der Waals surface area contributed by atoms with Gasteiger partial charge in [0.05, 0.1) is 16.2 Å². The zero-order valence-electron chi connectivity index (χ0n) is 13.6. The minimum atomic E-state index is -0.504. The molecule has 2 aromatic rings. The second-order valence-electron chi connectivity index (χ2n) is 5.27. The Kier molecular flexibility index (Phi) is 5.30. The van der Waals surface area contributed by atoms with Crippen LogP contribution in [0.25, 0.3) is 0 Å². The maximum atomic E-state index is 11.0. The van der Waals surface area contributed by atoms with Gasteiger partial charge in [-0.05, 0) is 42.5 Å².